The van der Waals surface area contributed by atoms with E-state index in [0.717, 1.165) is 19.4 Å². The molecule has 1 atom stereocenters. The number of piperidine rings is 1. The van der Waals surface area contributed by atoms with E-state index < -0.39 is 5.60 Å². The fourth-order valence-corrected chi connectivity index (χ4v) is 2.07. The zero-order valence-corrected chi connectivity index (χ0v) is 11.2. The molecule has 0 saturated carbocycles. The van der Waals surface area contributed by atoms with Crippen LogP contribution < -0.4 is 0 Å². The van der Waals surface area contributed by atoms with Gasteiger partial charge in [0.15, 0.2) is 0 Å². The van der Waals surface area contributed by atoms with Gasteiger partial charge in [-0.2, -0.15) is 5.10 Å². The number of carbonyl (C=O) groups is 1. The predicted molar refractivity (Wildman–Crippen MR) is 66.1 cm³/mol. The molecule has 0 spiro atoms. The molecule has 1 fully saturated rings. The zero-order valence-electron chi connectivity index (χ0n) is 11.2. The summed E-state index contributed by atoms with van der Waals surface area (Å²) in [7, 11) is 0. The summed E-state index contributed by atoms with van der Waals surface area (Å²) in [6.07, 6.45) is 4.95. The van der Waals surface area contributed by atoms with Crippen molar-refractivity contribution < 1.29 is 9.53 Å². The maximum Gasteiger partial charge on any atom is 0.410 e. The minimum Gasteiger partial charge on any atom is -0.444 e. The molecule has 1 aliphatic rings. The van der Waals surface area contributed by atoms with Crippen molar-refractivity contribution in [3.63, 3.8) is 0 Å². The van der Waals surface area contributed by atoms with E-state index >= 15 is 0 Å². The highest BCUT2D eigenvalue weighted by Gasteiger charge is 2.28. The average Bonchev–Trinajstić information content (AvgIpc) is 2.80. The molecule has 100 valence electrons. The van der Waals surface area contributed by atoms with E-state index in [-0.39, 0.29) is 12.1 Å². The van der Waals surface area contributed by atoms with Gasteiger partial charge in [-0.15, -0.1) is 0 Å². The lowest BCUT2D eigenvalue weighted by molar-refractivity contribution is 0.0167. The second kappa shape index (κ2) is 4.96. The fraction of sp³-hybridized carbons (Fsp3) is 0.750. The molecule has 1 aromatic heterocycles. The van der Waals surface area contributed by atoms with Crippen LogP contribution in [-0.4, -0.2) is 44.4 Å². The molecule has 1 saturated heterocycles. The largest absolute Gasteiger partial charge is 0.444 e. The van der Waals surface area contributed by atoms with Crippen molar-refractivity contribution in [3.8, 4) is 0 Å². The number of nitrogens with zero attached hydrogens (tertiary/aromatic N) is 4. The van der Waals surface area contributed by atoms with Gasteiger partial charge in [0.25, 0.3) is 0 Å². The van der Waals surface area contributed by atoms with Crippen LogP contribution in [0.3, 0.4) is 0 Å². The van der Waals surface area contributed by atoms with Crippen molar-refractivity contribution in [2.24, 2.45) is 0 Å². The first-order valence-electron chi connectivity index (χ1n) is 6.28. The highest BCUT2D eigenvalue weighted by molar-refractivity contribution is 5.68. The lowest BCUT2D eigenvalue weighted by Gasteiger charge is -2.33. The Hall–Kier alpha value is -1.59. The second-order valence-corrected chi connectivity index (χ2v) is 5.60. The molecule has 1 amide bonds. The Morgan fingerprint density at radius 2 is 2.22 bits per heavy atom. The second-order valence-electron chi connectivity index (χ2n) is 5.60. The Kier molecular flexibility index (Phi) is 3.54. The van der Waals surface area contributed by atoms with Gasteiger partial charge in [-0.05, 0) is 33.6 Å². The van der Waals surface area contributed by atoms with Crippen LogP contribution >= 0.6 is 0 Å². The molecule has 0 aromatic carbocycles. The van der Waals surface area contributed by atoms with E-state index in [2.05, 4.69) is 10.1 Å². The van der Waals surface area contributed by atoms with Crippen molar-refractivity contribution in [3.05, 3.63) is 12.7 Å². The Balaban J connectivity index is 1.96. The Bertz CT molecular complexity index is 397. The summed E-state index contributed by atoms with van der Waals surface area (Å²) >= 11 is 0. The number of carbonyl (C=O) groups excluding carboxylic acids is 1. The summed E-state index contributed by atoms with van der Waals surface area (Å²) in [5.41, 5.74) is -0.447. The van der Waals surface area contributed by atoms with Crippen LogP contribution in [0.5, 0.6) is 0 Å². The third kappa shape index (κ3) is 3.21. The van der Waals surface area contributed by atoms with Crippen LogP contribution in [0.25, 0.3) is 0 Å². The van der Waals surface area contributed by atoms with Gasteiger partial charge in [0, 0.05) is 13.1 Å². The van der Waals surface area contributed by atoms with Crippen LogP contribution in [-0.2, 0) is 4.74 Å². The molecule has 2 rings (SSSR count). The third-order valence-corrected chi connectivity index (χ3v) is 2.86. The van der Waals surface area contributed by atoms with Crippen molar-refractivity contribution in [1.82, 2.24) is 19.7 Å². The van der Waals surface area contributed by atoms with Gasteiger partial charge in [-0.1, -0.05) is 0 Å². The predicted octanol–water partition coefficient (Wildman–Crippen LogP) is 1.85. The molecular formula is C12H20N4O2. The minimum atomic E-state index is -0.447. The number of hydrogen-bond donors (Lipinski definition) is 0. The average molecular weight is 252 g/mol. The monoisotopic (exact) mass is 252 g/mol. The molecule has 1 aliphatic heterocycles. The van der Waals surface area contributed by atoms with E-state index in [9.17, 15) is 4.79 Å². The number of aromatic nitrogens is 3. The fourth-order valence-electron chi connectivity index (χ4n) is 2.07. The number of amides is 1. The zero-order chi connectivity index (χ0) is 13.2. The smallest absolute Gasteiger partial charge is 0.410 e. The van der Waals surface area contributed by atoms with Crippen LogP contribution in [0.4, 0.5) is 4.79 Å². The van der Waals surface area contributed by atoms with Crippen LogP contribution in [0.2, 0.25) is 0 Å². The molecule has 6 nitrogen and oxygen atoms in total. The minimum absolute atomic E-state index is 0.203. The number of ether oxygens (including phenoxy) is 1. The van der Waals surface area contributed by atoms with Gasteiger partial charge >= 0.3 is 6.09 Å². The highest BCUT2D eigenvalue weighted by atomic mass is 16.6. The lowest BCUT2D eigenvalue weighted by atomic mass is 10.1. The summed E-state index contributed by atoms with van der Waals surface area (Å²) in [5, 5.41) is 4.14. The first-order chi connectivity index (χ1) is 8.46. The quantitative estimate of drug-likeness (QED) is 0.765. The van der Waals surface area contributed by atoms with E-state index in [0.29, 0.717) is 6.54 Å². The maximum atomic E-state index is 12.0. The SMILES string of the molecule is CC(C)(C)OC(=O)N1CCCC(n2cncn2)C1. The molecule has 0 N–H and O–H groups in total. The summed E-state index contributed by atoms with van der Waals surface area (Å²) in [6.45, 7) is 7.02. The first kappa shape index (κ1) is 12.9. The number of likely N-dealkylation sites (tertiary alicyclic amines) is 1. The summed E-state index contributed by atoms with van der Waals surface area (Å²) < 4.78 is 7.20. The number of hydrogen-bond acceptors (Lipinski definition) is 4. The van der Waals surface area contributed by atoms with Crippen LogP contribution in [0, 0.1) is 0 Å². The summed E-state index contributed by atoms with van der Waals surface area (Å²) in [4.78, 5) is 17.7. The van der Waals surface area contributed by atoms with Gasteiger partial charge in [0.05, 0.1) is 6.04 Å². The van der Waals surface area contributed by atoms with Gasteiger partial charge in [0.2, 0.25) is 0 Å². The molecule has 18 heavy (non-hydrogen) atoms. The molecular weight excluding hydrogens is 232 g/mol. The standard InChI is InChI=1S/C12H20N4O2/c1-12(2,3)18-11(17)15-6-4-5-10(7-15)16-9-13-8-14-16/h8-10H,4-7H2,1-3H3. The molecule has 2 heterocycles. The van der Waals surface area contributed by atoms with E-state index in [1.54, 1.807) is 11.2 Å². The van der Waals surface area contributed by atoms with Crippen molar-refractivity contribution >= 4 is 6.09 Å². The molecule has 0 aliphatic carbocycles. The molecule has 0 bridgehead atoms. The topological polar surface area (TPSA) is 60.2 Å². The Morgan fingerprint density at radius 1 is 1.44 bits per heavy atom. The molecule has 0 radical (unpaired) electrons. The van der Waals surface area contributed by atoms with Crippen LogP contribution in [0.1, 0.15) is 39.7 Å². The molecule has 1 aromatic rings. The van der Waals surface area contributed by atoms with Gasteiger partial charge in [-0.25, -0.2) is 14.5 Å². The van der Waals surface area contributed by atoms with E-state index in [1.165, 1.54) is 6.33 Å². The van der Waals surface area contributed by atoms with Gasteiger partial charge < -0.3 is 9.64 Å². The number of rotatable bonds is 1. The third-order valence-electron chi connectivity index (χ3n) is 2.86. The first-order valence-corrected chi connectivity index (χ1v) is 6.28. The maximum absolute atomic E-state index is 12.0. The highest BCUT2D eigenvalue weighted by Crippen LogP contribution is 2.22. The lowest BCUT2D eigenvalue weighted by Crippen LogP contribution is -2.43. The Labute approximate surface area is 107 Å². The summed E-state index contributed by atoms with van der Waals surface area (Å²) in [5.74, 6) is 0. The van der Waals surface area contributed by atoms with Crippen molar-refractivity contribution in [2.75, 3.05) is 13.1 Å². The summed E-state index contributed by atoms with van der Waals surface area (Å²) in [6, 6.07) is 0.203. The normalized spacial score (nSPS) is 20.8. The molecule has 6 heteroatoms. The van der Waals surface area contributed by atoms with E-state index in [4.69, 9.17) is 4.74 Å². The van der Waals surface area contributed by atoms with Crippen molar-refractivity contribution in [2.45, 2.75) is 45.3 Å². The molecule has 1 unspecified atom stereocenters. The Morgan fingerprint density at radius 3 is 2.83 bits per heavy atom. The van der Waals surface area contributed by atoms with Crippen molar-refractivity contribution in [1.29, 1.82) is 0 Å². The van der Waals surface area contributed by atoms with Gasteiger partial charge in [-0.3, -0.25) is 0 Å². The van der Waals surface area contributed by atoms with Crippen LogP contribution in [0.15, 0.2) is 12.7 Å². The van der Waals surface area contributed by atoms with Gasteiger partial charge in [0.1, 0.15) is 18.3 Å². The van der Waals surface area contributed by atoms with E-state index in [1.807, 2.05) is 25.5 Å².